The summed E-state index contributed by atoms with van der Waals surface area (Å²) >= 11 is 0. The van der Waals surface area contributed by atoms with Crippen LogP contribution in [0.25, 0.3) is 0 Å². The first-order valence-electron chi connectivity index (χ1n) is 6.14. The van der Waals surface area contributed by atoms with Crippen molar-refractivity contribution in [2.75, 3.05) is 13.1 Å². The van der Waals surface area contributed by atoms with Crippen LogP contribution in [0, 0.1) is 5.92 Å². The molecule has 1 aliphatic rings. The first-order valence-corrected chi connectivity index (χ1v) is 6.14. The Morgan fingerprint density at radius 1 is 1.38 bits per heavy atom. The van der Waals surface area contributed by atoms with E-state index in [0.29, 0.717) is 6.54 Å². The van der Waals surface area contributed by atoms with E-state index in [1.165, 1.54) is 25.9 Å². The maximum absolute atomic E-state index is 5.55. The molecule has 1 fully saturated rings. The number of hydrogen-bond acceptors (Lipinski definition) is 3. The molecule has 0 spiro atoms. The fraction of sp³-hybridized carbons (Fsp3) is 0.615. The molecule has 0 bridgehead atoms. The summed E-state index contributed by atoms with van der Waals surface area (Å²) < 4.78 is 0. The molecule has 0 atom stereocenters. The lowest BCUT2D eigenvalue weighted by Crippen LogP contribution is -2.32. The monoisotopic (exact) mass is 219 g/mol. The molecule has 16 heavy (non-hydrogen) atoms. The van der Waals surface area contributed by atoms with Crippen molar-refractivity contribution in [3.05, 3.63) is 29.6 Å². The number of pyridine rings is 1. The van der Waals surface area contributed by atoms with Gasteiger partial charge in [-0.05, 0) is 43.5 Å². The van der Waals surface area contributed by atoms with Crippen LogP contribution >= 0.6 is 0 Å². The number of likely N-dealkylation sites (tertiary alicyclic amines) is 1. The van der Waals surface area contributed by atoms with Crippen LogP contribution in [-0.4, -0.2) is 23.0 Å². The lowest BCUT2D eigenvalue weighted by atomic mass is 9.99. The van der Waals surface area contributed by atoms with Gasteiger partial charge in [-0.1, -0.05) is 13.0 Å². The number of piperidine rings is 1. The molecular formula is C13H21N3. The van der Waals surface area contributed by atoms with Crippen molar-refractivity contribution >= 4 is 0 Å². The minimum atomic E-state index is 0.578. The lowest BCUT2D eigenvalue weighted by molar-refractivity contribution is 0.183. The zero-order valence-electron chi connectivity index (χ0n) is 10.0. The van der Waals surface area contributed by atoms with E-state index < -0.39 is 0 Å². The third-order valence-corrected chi connectivity index (χ3v) is 3.38. The van der Waals surface area contributed by atoms with Crippen LogP contribution in [0.15, 0.2) is 18.3 Å². The number of aromatic nitrogens is 1. The topological polar surface area (TPSA) is 42.1 Å². The molecule has 1 aliphatic heterocycles. The lowest BCUT2D eigenvalue weighted by Gasteiger charge is -2.29. The second-order valence-electron chi connectivity index (χ2n) is 4.82. The van der Waals surface area contributed by atoms with Gasteiger partial charge in [0.15, 0.2) is 0 Å². The highest BCUT2D eigenvalue weighted by Crippen LogP contribution is 2.17. The smallest absolute Gasteiger partial charge is 0.0544 e. The van der Waals surface area contributed by atoms with E-state index >= 15 is 0 Å². The molecule has 0 amide bonds. The van der Waals surface area contributed by atoms with E-state index in [0.717, 1.165) is 23.7 Å². The van der Waals surface area contributed by atoms with Crippen molar-refractivity contribution in [2.24, 2.45) is 11.7 Å². The van der Waals surface area contributed by atoms with E-state index in [2.05, 4.69) is 28.9 Å². The predicted octanol–water partition coefficient (Wildman–Crippen LogP) is 1.77. The molecule has 0 radical (unpaired) electrons. The summed E-state index contributed by atoms with van der Waals surface area (Å²) in [6.45, 7) is 6.32. The molecule has 0 aromatic carbocycles. The number of nitrogens with two attached hydrogens (primary N) is 1. The van der Waals surface area contributed by atoms with Gasteiger partial charge in [0.2, 0.25) is 0 Å². The molecule has 2 heterocycles. The molecule has 1 saturated heterocycles. The largest absolute Gasteiger partial charge is 0.326 e. The molecule has 0 unspecified atom stereocenters. The zero-order valence-corrected chi connectivity index (χ0v) is 10.0. The Morgan fingerprint density at radius 2 is 2.12 bits per heavy atom. The van der Waals surface area contributed by atoms with Gasteiger partial charge in [0, 0.05) is 19.3 Å². The van der Waals surface area contributed by atoms with Crippen LogP contribution in [0.2, 0.25) is 0 Å². The molecule has 1 aromatic heterocycles. The highest BCUT2D eigenvalue weighted by atomic mass is 15.1. The minimum Gasteiger partial charge on any atom is -0.326 e. The summed E-state index contributed by atoms with van der Waals surface area (Å²) in [7, 11) is 0. The first-order chi connectivity index (χ1) is 7.78. The molecular weight excluding hydrogens is 198 g/mol. The molecule has 1 aromatic rings. The first kappa shape index (κ1) is 11.6. The van der Waals surface area contributed by atoms with Gasteiger partial charge in [-0.25, -0.2) is 0 Å². The third kappa shape index (κ3) is 3.03. The van der Waals surface area contributed by atoms with Crippen molar-refractivity contribution in [3.63, 3.8) is 0 Å². The number of nitrogens with zero attached hydrogens (tertiary/aromatic N) is 2. The van der Waals surface area contributed by atoms with Gasteiger partial charge in [0.05, 0.1) is 5.69 Å². The van der Waals surface area contributed by atoms with Crippen molar-refractivity contribution < 1.29 is 0 Å². The van der Waals surface area contributed by atoms with Gasteiger partial charge in [-0.2, -0.15) is 0 Å². The van der Waals surface area contributed by atoms with Crippen molar-refractivity contribution in [1.82, 2.24) is 9.88 Å². The van der Waals surface area contributed by atoms with Crippen molar-refractivity contribution in [2.45, 2.75) is 32.9 Å². The quantitative estimate of drug-likeness (QED) is 0.842. The third-order valence-electron chi connectivity index (χ3n) is 3.38. The zero-order chi connectivity index (χ0) is 11.4. The molecule has 88 valence electrons. The maximum atomic E-state index is 5.55. The Labute approximate surface area is 97.7 Å². The van der Waals surface area contributed by atoms with E-state index in [1.807, 2.05) is 6.20 Å². The van der Waals surface area contributed by atoms with E-state index in [-0.39, 0.29) is 0 Å². The second kappa shape index (κ2) is 5.41. The van der Waals surface area contributed by atoms with Gasteiger partial charge in [0.25, 0.3) is 0 Å². The summed E-state index contributed by atoms with van der Waals surface area (Å²) in [4.78, 5) is 6.93. The molecule has 2 N–H and O–H groups in total. The summed E-state index contributed by atoms with van der Waals surface area (Å²) in [6, 6.07) is 4.18. The number of rotatable bonds is 3. The van der Waals surface area contributed by atoms with Gasteiger partial charge in [-0.3, -0.25) is 9.88 Å². The summed E-state index contributed by atoms with van der Waals surface area (Å²) in [5, 5.41) is 0. The van der Waals surface area contributed by atoms with E-state index in [9.17, 15) is 0 Å². The van der Waals surface area contributed by atoms with Gasteiger partial charge >= 0.3 is 0 Å². The van der Waals surface area contributed by atoms with Crippen LogP contribution in [0.1, 0.15) is 31.0 Å². The molecule has 3 nitrogen and oxygen atoms in total. The Hall–Kier alpha value is -0.930. The van der Waals surface area contributed by atoms with E-state index in [4.69, 9.17) is 5.73 Å². The van der Waals surface area contributed by atoms with Crippen molar-refractivity contribution in [1.29, 1.82) is 0 Å². The fourth-order valence-corrected chi connectivity index (χ4v) is 2.12. The van der Waals surface area contributed by atoms with E-state index in [1.54, 1.807) is 0 Å². The minimum absolute atomic E-state index is 0.578. The molecule has 3 heteroatoms. The fourth-order valence-electron chi connectivity index (χ4n) is 2.12. The number of hydrogen-bond donors (Lipinski definition) is 1. The van der Waals surface area contributed by atoms with Crippen LogP contribution in [0.4, 0.5) is 0 Å². The molecule has 0 aliphatic carbocycles. The highest BCUT2D eigenvalue weighted by molar-refractivity contribution is 5.13. The highest BCUT2D eigenvalue weighted by Gasteiger charge is 2.15. The normalized spacial score (nSPS) is 18.9. The summed E-state index contributed by atoms with van der Waals surface area (Å²) in [5.41, 5.74) is 7.82. The Balaban J connectivity index is 1.88. The van der Waals surface area contributed by atoms with Crippen LogP contribution in [0.3, 0.4) is 0 Å². The Kier molecular flexibility index (Phi) is 3.91. The van der Waals surface area contributed by atoms with Gasteiger partial charge < -0.3 is 5.73 Å². The van der Waals surface area contributed by atoms with Crippen LogP contribution in [-0.2, 0) is 13.1 Å². The summed E-state index contributed by atoms with van der Waals surface area (Å²) in [5.74, 6) is 0.892. The van der Waals surface area contributed by atoms with Gasteiger partial charge in [0.1, 0.15) is 0 Å². The summed E-state index contributed by atoms with van der Waals surface area (Å²) in [6.07, 6.45) is 4.53. The van der Waals surface area contributed by atoms with Gasteiger partial charge in [-0.15, -0.1) is 0 Å². The van der Waals surface area contributed by atoms with Crippen LogP contribution in [0.5, 0.6) is 0 Å². The Bertz CT molecular complexity index is 312. The predicted molar refractivity (Wildman–Crippen MR) is 65.8 cm³/mol. The average Bonchev–Trinajstić information content (AvgIpc) is 2.33. The Morgan fingerprint density at radius 3 is 2.69 bits per heavy atom. The van der Waals surface area contributed by atoms with Crippen molar-refractivity contribution in [3.8, 4) is 0 Å². The molecule has 0 saturated carbocycles. The maximum Gasteiger partial charge on any atom is 0.0544 e. The average molecular weight is 219 g/mol. The second-order valence-corrected chi connectivity index (χ2v) is 4.82. The SMILES string of the molecule is CC1CCN(Cc2ccc(CN)cn2)CC1. The molecule has 2 rings (SSSR count). The van der Waals surface area contributed by atoms with Crippen LogP contribution < -0.4 is 5.73 Å². The standard InChI is InChI=1S/C13H21N3/c1-11-4-6-16(7-5-11)10-13-3-2-12(8-14)9-15-13/h2-3,9,11H,4-8,10,14H2,1H3.